The molecule has 0 spiro atoms. The minimum atomic E-state index is -0.219. The molecule has 0 radical (unpaired) electrons. The second-order valence-corrected chi connectivity index (χ2v) is 8.13. The van der Waals surface area contributed by atoms with Gasteiger partial charge in [-0.25, -0.2) is 0 Å². The number of carbonyl (C=O) groups is 3. The van der Waals surface area contributed by atoms with Gasteiger partial charge in [-0.1, -0.05) is 24.8 Å². The second kappa shape index (κ2) is 9.68. The maximum Gasteiger partial charge on any atom is 0.245 e. The summed E-state index contributed by atoms with van der Waals surface area (Å²) in [4.78, 5) is 40.4. The Morgan fingerprint density at radius 3 is 2.31 bits per heavy atom. The van der Waals surface area contributed by atoms with E-state index in [1.807, 2.05) is 54.6 Å². The molecule has 1 atom stereocenters. The van der Waals surface area contributed by atoms with E-state index in [-0.39, 0.29) is 36.1 Å². The van der Waals surface area contributed by atoms with Crippen LogP contribution in [0.4, 0.5) is 5.69 Å². The average molecular weight is 434 g/mol. The van der Waals surface area contributed by atoms with Crippen molar-refractivity contribution in [3.63, 3.8) is 0 Å². The number of piperidine rings is 1. The Morgan fingerprint density at radius 1 is 1.00 bits per heavy atom. The van der Waals surface area contributed by atoms with Gasteiger partial charge in [0.05, 0.1) is 6.04 Å². The van der Waals surface area contributed by atoms with E-state index in [4.69, 9.17) is 4.74 Å². The Balaban J connectivity index is 1.30. The van der Waals surface area contributed by atoms with Crippen LogP contribution in [0.25, 0.3) is 0 Å². The Labute approximate surface area is 187 Å². The number of hydrogen-bond donors (Lipinski definition) is 1. The van der Waals surface area contributed by atoms with Crippen LogP contribution in [0, 0.1) is 5.92 Å². The molecule has 2 aromatic rings. The van der Waals surface area contributed by atoms with Crippen LogP contribution in [0.2, 0.25) is 0 Å². The average Bonchev–Trinajstić information content (AvgIpc) is 3.19. The van der Waals surface area contributed by atoms with Crippen molar-refractivity contribution in [2.45, 2.75) is 25.3 Å². The molecule has 0 bridgehead atoms. The molecule has 3 amide bonds. The maximum absolute atomic E-state index is 12.7. The first-order chi connectivity index (χ1) is 15.5. The molecule has 4 rings (SSSR count). The molecular weight excluding hydrogens is 406 g/mol. The molecule has 1 unspecified atom stereocenters. The first kappa shape index (κ1) is 21.6. The van der Waals surface area contributed by atoms with Gasteiger partial charge in [0.2, 0.25) is 17.7 Å². The van der Waals surface area contributed by atoms with Gasteiger partial charge in [-0.3, -0.25) is 14.4 Å². The third kappa shape index (κ3) is 4.99. The standard InChI is InChI=1S/C25H27N3O4/c1-2-23(29)27-14-12-18(13-15-27)25(31)26-19-16-24(30)28(17-19)20-8-10-22(11-9-20)32-21-6-4-3-5-7-21/h2-11,18-19H,1,12-17H2,(H,26,31). The van der Waals surface area contributed by atoms with Crippen molar-refractivity contribution in [1.29, 1.82) is 0 Å². The lowest BCUT2D eigenvalue weighted by molar-refractivity contribution is -0.132. The van der Waals surface area contributed by atoms with Crippen LogP contribution < -0.4 is 15.0 Å². The van der Waals surface area contributed by atoms with Crippen LogP contribution in [0.15, 0.2) is 67.3 Å². The van der Waals surface area contributed by atoms with E-state index in [1.54, 1.807) is 9.80 Å². The summed E-state index contributed by atoms with van der Waals surface area (Å²) in [6.07, 6.45) is 2.83. The molecule has 0 saturated carbocycles. The molecule has 1 N–H and O–H groups in total. The molecule has 2 fully saturated rings. The highest BCUT2D eigenvalue weighted by atomic mass is 16.5. The van der Waals surface area contributed by atoms with Crippen LogP contribution in [-0.4, -0.2) is 48.3 Å². The predicted molar refractivity (Wildman–Crippen MR) is 121 cm³/mol. The summed E-state index contributed by atoms with van der Waals surface area (Å²) < 4.78 is 5.80. The van der Waals surface area contributed by atoms with E-state index in [1.165, 1.54) is 6.08 Å². The van der Waals surface area contributed by atoms with Crippen LogP contribution >= 0.6 is 0 Å². The fourth-order valence-electron chi connectivity index (χ4n) is 4.18. The van der Waals surface area contributed by atoms with E-state index in [0.29, 0.717) is 38.2 Å². The quantitative estimate of drug-likeness (QED) is 0.710. The van der Waals surface area contributed by atoms with E-state index < -0.39 is 0 Å². The molecule has 2 aliphatic heterocycles. The molecule has 2 aliphatic rings. The number of ether oxygens (including phenoxy) is 1. The molecular formula is C25H27N3O4. The van der Waals surface area contributed by atoms with Gasteiger partial charge in [0.15, 0.2) is 0 Å². The van der Waals surface area contributed by atoms with Crippen molar-refractivity contribution >= 4 is 23.4 Å². The summed E-state index contributed by atoms with van der Waals surface area (Å²) >= 11 is 0. The number of para-hydroxylation sites is 1. The minimum Gasteiger partial charge on any atom is -0.457 e. The van der Waals surface area contributed by atoms with Gasteiger partial charge in [0.25, 0.3) is 0 Å². The second-order valence-electron chi connectivity index (χ2n) is 8.13. The van der Waals surface area contributed by atoms with Crippen LogP contribution in [-0.2, 0) is 14.4 Å². The predicted octanol–water partition coefficient (Wildman–Crippen LogP) is 3.13. The molecule has 32 heavy (non-hydrogen) atoms. The van der Waals surface area contributed by atoms with Crippen LogP contribution in [0.1, 0.15) is 19.3 Å². The summed E-state index contributed by atoms with van der Waals surface area (Å²) in [5.41, 5.74) is 0.781. The summed E-state index contributed by atoms with van der Waals surface area (Å²) in [7, 11) is 0. The lowest BCUT2D eigenvalue weighted by Crippen LogP contribution is -2.45. The van der Waals surface area contributed by atoms with Gasteiger partial charge in [0.1, 0.15) is 11.5 Å². The first-order valence-electron chi connectivity index (χ1n) is 10.9. The fourth-order valence-corrected chi connectivity index (χ4v) is 4.18. The zero-order chi connectivity index (χ0) is 22.5. The van der Waals surface area contributed by atoms with Crippen LogP contribution in [0.5, 0.6) is 11.5 Å². The minimum absolute atomic E-state index is 0.0153. The molecule has 7 nitrogen and oxygen atoms in total. The molecule has 2 aromatic carbocycles. The van der Waals surface area contributed by atoms with Crippen molar-refractivity contribution in [2.24, 2.45) is 5.92 Å². The topological polar surface area (TPSA) is 79.0 Å². The zero-order valence-electron chi connectivity index (χ0n) is 17.9. The lowest BCUT2D eigenvalue weighted by Gasteiger charge is -2.31. The van der Waals surface area contributed by atoms with Gasteiger partial charge in [-0.15, -0.1) is 0 Å². The Morgan fingerprint density at radius 2 is 1.66 bits per heavy atom. The number of carbonyl (C=O) groups excluding carboxylic acids is 3. The molecule has 0 aromatic heterocycles. The highest BCUT2D eigenvalue weighted by Crippen LogP contribution is 2.27. The number of anilines is 1. The number of nitrogens with zero attached hydrogens (tertiary/aromatic N) is 2. The van der Waals surface area contributed by atoms with Gasteiger partial charge in [-0.2, -0.15) is 0 Å². The smallest absolute Gasteiger partial charge is 0.245 e. The number of hydrogen-bond acceptors (Lipinski definition) is 4. The van der Waals surface area contributed by atoms with Crippen molar-refractivity contribution in [1.82, 2.24) is 10.2 Å². The van der Waals surface area contributed by atoms with E-state index >= 15 is 0 Å². The Bertz CT molecular complexity index is 982. The molecule has 7 heteroatoms. The van der Waals surface area contributed by atoms with Crippen molar-refractivity contribution < 1.29 is 19.1 Å². The Hall–Kier alpha value is -3.61. The van der Waals surface area contributed by atoms with E-state index in [9.17, 15) is 14.4 Å². The molecule has 2 saturated heterocycles. The number of likely N-dealkylation sites (tertiary alicyclic amines) is 1. The molecule has 2 heterocycles. The number of rotatable bonds is 6. The van der Waals surface area contributed by atoms with Crippen molar-refractivity contribution in [2.75, 3.05) is 24.5 Å². The third-order valence-corrected chi connectivity index (χ3v) is 5.95. The lowest BCUT2D eigenvalue weighted by atomic mass is 9.95. The van der Waals surface area contributed by atoms with Crippen molar-refractivity contribution in [3.05, 3.63) is 67.3 Å². The number of nitrogens with one attached hydrogen (secondary N) is 1. The fraction of sp³-hybridized carbons (Fsp3) is 0.320. The SMILES string of the molecule is C=CC(=O)N1CCC(C(=O)NC2CC(=O)N(c3ccc(Oc4ccccc4)cc3)C2)CC1. The van der Waals surface area contributed by atoms with Gasteiger partial charge < -0.3 is 19.9 Å². The van der Waals surface area contributed by atoms with Gasteiger partial charge in [-0.05, 0) is 55.3 Å². The third-order valence-electron chi connectivity index (χ3n) is 5.95. The summed E-state index contributed by atoms with van der Waals surface area (Å²) in [5, 5.41) is 3.03. The highest BCUT2D eigenvalue weighted by molar-refractivity contribution is 5.97. The first-order valence-corrected chi connectivity index (χ1v) is 10.9. The van der Waals surface area contributed by atoms with Crippen molar-refractivity contribution in [3.8, 4) is 11.5 Å². The summed E-state index contributed by atoms with van der Waals surface area (Å²) in [5.74, 6) is 1.15. The molecule has 0 aliphatic carbocycles. The zero-order valence-corrected chi connectivity index (χ0v) is 17.9. The highest BCUT2D eigenvalue weighted by Gasteiger charge is 2.34. The van der Waals surface area contributed by atoms with E-state index in [2.05, 4.69) is 11.9 Å². The van der Waals surface area contributed by atoms with Crippen LogP contribution in [0.3, 0.4) is 0 Å². The largest absolute Gasteiger partial charge is 0.457 e. The van der Waals surface area contributed by atoms with Gasteiger partial charge in [0, 0.05) is 37.7 Å². The summed E-state index contributed by atoms with van der Waals surface area (Å²) in [6, 6.07) is 16.7. The Kier molecular flexibility index (Phi) is 6.54. The van der Waals surface area contributed by atoms with Gasteiger partial charge >= 0.3 is 0 Å². The number of benzene rings is 2. The maximum atomic E-state index is 12.7. The molecule has 166 valence electrons. The monoisotopic (exact) mass is 433 g/mol. The summed E-state index contributed by atoms with van der Waals surface area (Å²) in [6.45, 7) is 5.05. The normalized spacial score (nSPS) is 19.0. The van der Waals surface area contributed by atoms with E-state index in [0.717, 1.165) is 11.4 Å². The number of amides is 3.